The number of halogens is 2. The molecule has 0 saturated heterocycles. The number of rotatable bonds is 5. The molecule has 0 aliphatic rings. The summed E-state index contributed by atoms with van der Waals surface area (Å²) in [5, 5.41) is 0.242. The van der Waals surface area contributed by atoms with Crippen LogP contribution in [0.15, 0.2) is 34.9 Å². The molecule has 3 N–H and O–H groups in total. The Kier molecular flexibility index (Phi) is 4.42. The summed E-state index contributed by atoms with van der Waals surface area (Å²) in [6, 6.07) is 6.32. The molecule has 2 aromatic rings. The molecule has 0 bridgehead atoms. The van der Waals surface area contributed by atoms with Crippen LogP contribution < -0.4 is 16.0 Å². The van der Waals surface area contributed by atoms with E-state index >= 15 is 0 Å². The van der Waals surface area contributed by atoms with Crippen molar-refractivity contribution in [2.24, 2.45) is 5.84 Å². The average Bonchev–Trinajstić information content (AvgIpc) is 2.84. The molecule has 0 aliphatic heterocycles. The number of nitrogens with one attached hydrogen (secondary N) is 1. The second kappa shape index (κ2) is 6.06. The molecular formula is C13H14ClFN2O2. The van der Waals surface area contributed by atoms with E-state index in [4.69, 9.17) is 26.6 Å². The lowest BCUT2D eigenvalue weighted by molar-refractivity contribution is 0.382. The zero-order valence-electron chi connectivity index (χ0n) is 10.3. The van der Waals surface area contributed by atoms with Crippen molar-refractivity contribution in [1.82, 2.24) is 5.43 Å². The van der Waals surface area contributed by atoms with Crippen molar-refractivity contribution in [2.45, 2.75) is 12.5 Å². The highest BCUT2D eigenvalue weighted by atomic mass is 35.5. The molecule has 1 aromatic carbocycles. The molecule has 2 rings (SSSR count). The third-order valence-electron chi connectivity index (χ3n) is 2.91. The Morgan fingerprint density at radius 2 is 2.26 bits per heavy atom. The van der Waals surface area contributed by atoms with Gasteiger partial charge in [-0.15, -0.1) is 0 Å². The second-order valence-electron chi connectivity index (χ2n) is 4.01. The van der Waals surface area contributed by atoms with Crippen LogP contribution in [0.1, 0.15) is 17.2 Å². The van der Waals surface area contributed by atoms with E-state index in [9.17, 15) is 4.39 Å². The molecule has 1 unspecified atom stereocenters. The first kappa shape index (κ1) is 13.9. The van der Waals surface area contributed by atoms with Gasteiger partial charge in [-0.05, 0) is 35.7 Å². The van der Waals surface area contributed by atoms with Crippen LogP contribution in [0.5, 0.6) is 5.75 Å². The van der Waals surface area contributed by atoms with Crippen molar-refractivity contribution >= 4 is 11.6 Å². The van der Waals surface area contributed by atoms with Crippen molar-refractivity contribution in [3.05, 3.63) is 52.7 Å². The van der Waals surface area contributed by atoms with E-state index in [-0.39, 0.29) is 17.0 Å². The summed E-state index contributed by atoms with van der Waals surface area (Å²) >= 11 is 5.90. The van der Waals surface area contributed by atoms with Gasteiger partial charge in [-0.1, -0.05) is 12.1 Å². The van der Waals surface area contributed by atoms with Gasteiger partial charge < -0.3 is 9.15 Å². The number of hydrogen-bond acceptors (Lipinski definition) is 4. The van der Waals surface area contributed by atoms with Crippen LogP contribution in [-0.4, -0.2) is 7.11 Å². The van der Waals surface area contributed by atoms with Crippen molar-refractivity contribution in [3.8, 4) is 5.75 Å². The minimum absolute atomic E-state index is 0.201. The summed E-state index contributed by atoms with van der Waals surface area (Å²) in [4.78, 5) is 0. The highest BCUT2D eigenvalue weighted by Gasteiger charge is 2.19. The van der Waals surface area contributed by atoms with E-state index in [2.05, 4.69) is 5.43 Å². The topological polar surface area (TPSA) is 60.4 Å². The number of furan rings is 1. The monoisotopic (exact) mass is 284 g/mol. The van der Waals surface area contributed by atoms with Crippen LogP contribution in [-0.2, 0) is 6.42 Å². The van der Waals surface area contributed by atoms with Gasteiger partial charge in [0.05, 0.1) is 19.4 Å². The SMILES string of the molecule is COc1cccc(CC(NN)c2ccoc2Cl)c1F. The van der Waals surface area contributed by atoms with E-state index in [0.717, 1.165) is 0 Å². The van der Waals surface area contributed by atoms with E-state index in [1.165, 1.54) is 13.4 Å². The van der Waals surface area contributed by atoms with E-state index in [1.54, 1.807) is 24.3 Å². The summed E-state index contributed by atoms with van der Waals surface area (Å²) in [6.45, 7) is 0. The van der Waals surface area contributed by atoms with Gasteiger partial charge in [-0.25, -0.2) is 4.39 Å². The number of nitrogens with two attached hydrogens (primary N) is 1. The van der Waals surface area contributed by atoms with Crippen LogP contribution in [0.4, 0.5) is 4.39 Å². The van der Waals surface area contributed by atoms with Crippen LogP contribution in [0.2, 0.25) is 5.22 Å². The highest BCUT2D eigenvalue weighted by molar-refractivity contribution is 6.29. The summed E-state index contributed by atoms with van der Waals surface area (Å²) < 4.78 is 24.0. The molecule has 1 aromatic heterocycles. The molecule has 0 spiro atoms. The van der Waals surface area contributed by atoms with Crippen molar-refractivity contribution < 1.29 is 13.5 Å². The molecule has 0 amide bonds. The van der Waals surface area contributed by atoms with Gasteiger partial charge in [0, 0.05) is 5.56 Å². The fourth-order valence-electron chi connectivity index (χ4n) is 1.90. The Labute approximate surface area is 115 Å². The Hall–Kier alpha value is -1.56. The molecule has 1 heterocycles. The van der Waals surface area contributed by atoms with Gasteiger partial charge in [-0.3, -0.25) is 11.3 Å². The first-order valence-electron chi connectivity index (χ1n) is 5.67. The van der Waals surface area contributed by atoms with Crippen LogP contribution >= 0.6 is 11.6 Å². The van der Waals surface area contributed by atoms with E-state index < -0.39 is 5.82 Å². The third kappa shape index (κ3) is 2.89. The Bertz CT molecular complexity index is 559. The quantitative estimate of drug-likeness (QED) is 0.655. The Morgan fingerprint density at radius 3 is 2.84 bits per heavy atom. The second-order valence-corrected chi connectivity index (χ2v) is 4.35. The number of hydrogen-bond donors (Lipinski definition) is 2. The normalized spacial score (nSPS) is 12.4. The largest absolute Gasteiger partial charge is 0.494 e. The summed E-state index contributed by atoms with van der Waals surface area (Å²) in [6.07, 6.45) is 1.79. The van der Waals surface area contributed by atoms with Crippen LogP contribution in [0.25, 0.3) is 0 Å². The third-order valence-corrected chi connectivity index (χ3v) is 3.22. The number of methoxy groups -OCH3 is 1. The Morgan fingerprint density at radius 1 is 1.47 bits per heavy atom. The van der Waals surface area contributed by atoms with Crippen molar-refractivity contribution in [1.29, 1.82) is 0 Å². The maximum Gasteiger partial charge on any atom is 0.197 e. The number of ether oxygens (including phenoxy) is 1. The number of hydrazine groups is 1. The molecule has 0 saturated carbocycles. The average molecular weight is 285 g/mol. The molecule has 0 radical (unpaired) electrons. The molecule has 102 valence electrons. The first-order valence-corrected chi connectivity index (χ1v) is 6.05. The lowest BCUT2D eigenvalue weighted by atomic mass is 10.0. The molecule has 1 atom stereocenters. The fourth-order valence-corrected chi connectivity index (χ4v) is 2.15. The lowest BCUT2D eigenvalue weighted by Crippen LogP contribution is -2.29. The lowest BCUT2D eigenvalue weighted by Gasteiger charge is -2.16. The van der Waals surface area contributed by atoms with Gasteiger partial charge in [0.15, 0.2) is 16.8 Å². The van der Waals surface area contributed by atoms with E-state index in [0.29, 0.717) is 17.5 Å². The molecule has 0 fully saturated rings. The van der Waals surface area contributed by atoms with Gasteiger partial charge in [0.25, 0.3) is 0 Å². The fraction of sp³-hybridized carbons (Fsp3) is 0.231. The van der Waals surface area contributed by atoms with Gasteiger partial charge in [0.1, 0.15) is 0 Å². The predicted octanol–water partition coefficient (Wildman–Crippen LogP) is 2.83. The molecular weight excluding hydrogens is 271 g/mol. The predicted molar refractivity (Wildman–Crippen MR) is 70.4 cm³/mol. The van der Waals surface area contributed by atoms with Crippen molar-refractivity contribution in [2.75, 3.05) is 7.11 Å². The zero-order chi connectivity index (χ0) is 13.8. The van der Waals surface area contributed by atoms with Crippen LogP contribution in [0.3, 0.4) is 0 Å². The smallest absolute Gasteiger partial charge is 0.197 e. The van der Waals surface area contributed by atoms with Gasteiger partial charge in [-0.2, -0.15) is 0 Å². The summed E-state index contributed by atoms with van der Waals surface area (Å²) in [7, 11) is 1.42. The standard InChI is InChI=1S/C13H14ClFN2O2/c1-18-11-4-2-3-8(12(11)15)7-10(17-16)9-5-6-19-13(9)14/h2-6,10,17H,7,16H2,1H3. The van der Waals surface area contributed by atoms with Crippen molar-refractivity contribution in [3.63, 3.8) is 0 Å². The van der Waals surface area contributed by atoms with Gasteiger partial charge in [0.2, 0.25) is 0 Å². The number of benzene rings is 1. The van der Waals surface area contributed by atoms with Gasteiger partial charge >= 0.3 is 0 Å². The zero-order valence-corrected chi connectivity index (χ0v) is 11.1. The minimum atomic E-state index is -0.398. The highest BCUT2D eigenvalue weighted by Crippen LogP contribution is 2.28. The maximum absolute atomic E-state index is 14.1. The maximum atomic E-state index is 14.1. The minimum Gasteiger partial charge on any atom is -0.494 e. The molecule has 4 nitrogen and oxygen atoms in total. The molecule has 6 heteroatoms. The summed E-state index contributed by atoms with van der Waals surface area (Å²) in [5.74, 6) is 5.30. The van der Waals surface area contributed by atoms with E-state index in [1.807, 2.05) is 0 Å². The molecule has 19 heavy (non-hydrogen) atoms. The summed E-state index contributed by atoms with van der Waals surface area (Å²) in [5.41, 5.74) is 3.78. The van der Waals surface area contributed by atoms with Crippen LogP contribution in [0, 0.1) is 5.82 Å². The first-order chi connectivity index (χ1) is 9.17. The molecule has 0 aliphatic carbocycles. The Balaban J connectivity index is 2.27.